The van der Waals surface area contributed by atoms with Gasteiger partial charge in [-0.05, 0) is 36.8 Å². The summed E-state index contributed by atoms with van der Waals surface area (Å²) >= 11 is 0. The van der Waals surface area contributed by atoms with E-state index in [1.807, 2.05) is 41.3 Å². The fraction of sp³-hybridized carbons (Fsp3) is 0.235. The van der Waals surface area contributed by atoms with Crippen molar-refractivity contribution in [3.8, 4) is 0 Å². The molecular formula is C17H18N3O. The van der Waals surface area contributed by atoms with Gasteiger partial charge in [-0.25, -0.2) is 0 Å². The SMILES string of the molecule is [CH2]c1ccc(C(=O)N2CCN(c3ccncc3)CC2)cc1. The van der Waals surface area contributed by atoms with E-state index in [-0.39, 0.29) is 5.91 Å². The summed E-state index contributed by atoms with van der Waals surface area (Å²) in [4.78, 5) is 20.7. The van der Waals surface area contributed by atoms with Crippen molar-refractivity contribution in [3.63, 3.8) is 0 Å². The molecule has 21 heavy (non-hydrogen) atoms. The van der Waals surface area contributed by atoms with Crippen molar-refractivity contribution >= 4 is 11.6 Å². The largest absolute Gasteiger partial charge is 0.368 e. The van der Waals surface area contributed by atoms with Gasteiger partial charge in [-0.2, -0.15) is 0 Å². The van der Waals surface area contributed by atoms with Crippen molar-refractivity contribution in [2.45, 2.75) is 0 Å². The highest BCUT2D eigenvalue weighted by Crippen LogP contribution is 2.16. The minimum absolute atomic E-state index is 0.101. The summed E-state index contributed by atoms with van der Waals surface area (Å²) < 4.78 is 0. The van der Waals surface area contributed by atoms with Crippen LogP contribution >= 0.6 is 0 Å². The first-order valence-electron chi connectivity index (χ1n) is 7.10. The van der Waals surface area contributed by atoms with E-state index in [2.05, 4.69) is 16.8 Å². The average Bonchev–Trinajstić information content (AvgIpc) is 2.56. The molecule has 0 N–H and O–H groups in total. The highest BCUT2D eigenvalue weighted by molar-refractivity contribution is 5.94. The molecular weight excluding hydrogens is 262 g/mol. The third-order valence-corrected chi connectivity index (χ3v) is 3.80. The van der Waals surface area contributed by atoms with Gasteiger partial charge in [0.2, 0.25) is 0 Å². The Bertz CT molecular complexity index is 602. The predicted molar refractivity (Wildman–Crippen MR) is 83.3 cm³/mol. The van der Waals surface area contributed by atoms with E-state index < -0.39 is 0 Å². The number of nitrogens with zero attached hydrogens (tertiary/aromatic N) is 3. The molecule has 0 bridgehead atoms. The van der Waals surface area contributed by atoms with Crippen LogP contribution in [0.2, 0.25) is 0 Å². The zero-order valence-corrected chi connectivity index (χ0v) is 11.9. The molecule has 0 aliphatic carbocycles. The van der Waals surface area contributed by atoms with Gasteiger partial charge in [0.05, 0.1) is 0 Å². The van der Waals surface area contributed by atoms with Crippen LogP contribution in [0.1, 0.15) is 15.9 Å². The van der Waals surface area contributed by atoms with Gasteiger partial charge in [0.25, 0.3) is 5.91 Å². The third kappa shape index (κ3) is 3.05. The van der Waals surface area contributed by atoms with Gasteiger partial charge >= 0.3 is 0 Å². The lowest BCUT2D eigenvalue weighted by Crippen LogP contribution is -2.48. The van der Waals surface area contributed by atoms with Gasteiger partial charge in [-0.3, -0.25) is 9.78 Å². The number of pyridine rings is 1. The van der Waals surface area contributed by atoms with E-state index >= 15 is 0 Å². The molecule has 0 atom stereocenters. The Kier molecular flexibility index (Phi) is 3.86. The Morgan fingerprint density at radius 1 is 0.952 bits per heavy atom. The van der Waals surface area contributed by atoms with E-state index in [1.54, 1.807) is 12.4 Å². The summed E-state index contributed by atoms with van der Waals surface area (Å²) in [6.45, 7) is 7.03. The first kappa shape index (κ1) is 13.6. The Morgan fingerprint density at radius 2 is 1.57 bits per heavy atom. The molecule has 107 valence electrons. The van der Waals surface area contributed by atoms with Gasteiger partial charge in [0.15, 0.2) is 0 Å². The number of hydrogen-bond donors (Lipinski definition) is 0. The number of carbonyl (C=O) groups is 1. The van der Waals surface area contributed by atoms with Gasteiger partial charge in [-0.15, -0.1) is 0 Å². The molecule has 1 aromatic carbocycles. The number of hydrogen-bond acceptors (Lipinski definition) is 3. The Labute approximate surface area is 125 Å². The number of rotatable bonds is 2. The van der Waals surface area contributed by atoms with E-state index in [9.17, 15) is 4.79 Å². The number of piperazine rings is 1. The van der Waals surface area contributed by atoms with Crippen LogP contribution < -0.4 is 4.90 Å². The van der Waals surface area contributed by atoms with Crippen LogP contribution in [0.25, 0.3) is 0 Å². The lowest BCUT2D eigenvalue weighted by molar-refractivity contribution is 0.0747. The van der Waals surface area contributed by atoms with Crippen LogP contribution in [-0.4, -0.2) is 42.0 Å². The van der Waals surface area contributed by atoms with Gasteiger partial charge < -0.3 is 9.80 Å². The summed E-state index contributed by atoms with van der Waals surface area (Å²) in [5.74, 6) is 0.101. The normalized spacial score (nSPS) is 15.1. The monoisotopic (exact) mass is 280 g/mol. The minimum atomic E-state index is 0.101. The number of aromatic nitrogens is 1. The zero-order chi connectivity index (χ0) is 14.7. The summed E-state index contributed by atoms with van der Waals surface area (Å²) in [5, 5.41) is 0. The van der Waals surface area contributed by atoms with Crippen LogP contribution in [0.5, 0.6) is 0 Å². The van der Waals surface area contributed by atoms with Crippen LogP contribution in [0.4, 0.5) is 5.69 Å². The molecule has 1 fully saturated rings. The molecule has 1 amide bonds. The second-order valence-corrected chi connectivity index (χ2v) is 5.18. The van der Waals surface area contributed by atoms with E-state index in [0.717, 1.165) is 37.3 Å². The van der Waals surface area contributed by atoms with Crippen LogP contribution in [0.3, 0.4) is 0 Å². The average molecular weight is 280 g/mol. The molecule has 3 rings (SSSR count). The molecule has 1 saturated heterocycles. The smallest absolute Gasteiger partial charge is 0.253 e. The molecule has 0 saturated carbocycles. The number of benzene rings is 1. The minimum Gasteiger partial charge on any atom is -0.368 e. The standard InChI is InChI=1S/C17H18N3O/c1-14-2-4-15(5-3-14)17(21)20-12-10-19(11-13-20)16-6-8-18-9-7-16/h2-9H,1,10-13H2. The highest BCUT2D eigenvalue weighted by atomic mass is 16.2. The highest BCUT2D eigenvalue weighted by Gasteiger charge is 2.22. The fourth-order valence-electron chi connectivity index (χ4n) is 2.55. The van der Waals surface area contributed by atoms with Crippen molar-refractivity contribution in [1.29, 1.82) is 0 Å². The number of anilines is 1. The van der Waals surface area contributed by atoms with Gasteiger partial charge in [-0.1, -0.05) is 12.1 Å². The molecule has 0 spiro atoms. The summed E-state index contributed by atoms with van der Waals surface area (Å²) in [7, 11) is 0. The quantitative estimate of drug-likeness (QED) is 0.846. The lowest BCUT2D eigenvalue weighted by Gasteiger charge is -2.36. The third-order valence-electron chi connectivity index (χ3n) is 3.80. The van der Waals surface area contributed by atoms with Gasteiger partial charge in [0.1, 0.15) is 0 Å². The Balaban J connectivity index is 1.63. The summed E-state index contributed by atoms with van der Waals surface area (Å²) in [6.07, 6.45) is 3.60. The Hall–Kier alpha value is -2.36. The molecule has 0 unspecified atom stereocenters. The molecule has 4 heteroatoms. The van der Waals surface area contributed by atoms with Crippen molar-refractivity contribution in [3.05, 3.63) is 66.8 Å². The predicted octanol–water partition coefficient (Wildman–Crippen LogP) is 2.23. The summed E-state index contributed by atoms with van der Waals surface area (Å²) in [6, 6.07) is 11.5. The van der Waals surface area contributed by atoms with E-state index in [1.165, 1.54) is 5.69 Å². The van der Waals surface area contributed by atoms with Gasteiger partial charge in [0, 0.05) is 49.8 Å². The maximum absolute atomic E-state index is 12.4. The first-order valence-corrected chi connectivity index (χ1v) is 7.10. The molecule has 1 aliphatic heterocycles. The topological polar surface area (TPSA) is 36.4 Å². The van der Waals surface area contributed by atoms with Crippen molar-refractivity contribution in [2.75, 3.05) is 31.1 Å². The van der Waals surface area contributed by atoms with Crippen LogP contribution in [-0.2, 0) is 0 Å². The number of carbonyl (C=O) groups excluding carboxylic acids is 1. The molecule has 4 nitrogen and oxygen atoms in total. The number of amides is 1. The molecule has 2 heterocycles. The van der Waals surface area contributed by atoms with Crippen LogP contribution in [0, 0.1) is 6.92 Å². The maximum Gasteiger partial charge on any atom is 0.253 e. The fourth-order valence-corrected chi connectivity index (χ4v) is 2.55. The summed E-state index contributed by atoms with van der Waals surface area (Å²) in [5.41, 5.74) is 2.83. The second kappa shape index (κ2) is 5.95. The zero-order valence-electron chi connectivity index (χ0n) is 11.9. The Morgan fingerprint density at radius 3 is 2.19 bits per heavy atom. The van der Waals surface area contributed by atoms with E-state index in [4.69, 9.17) is 0 Å². The molecule has 1 aromatic heterocycles. The first-order chi connectivity index (χ1) is 10.2. The lowest BCUT2D eigenvalue weighted by atomic mass is 10.1. The van der Waals surface area contributed by atoms with Crippen molar-refractivity contribution < 1.29 is 4.79 Å². The molecule has 1 aliphatic rings. The van der Waals surface area contributed by atoms with Crippen molar-refractivity contribution in [1.82, 2.24) is 9.88 Å². The van der Waals surface area contributed by atoms with Crippen LogP contribution in [0.15, 0.2) is 48.8 Å². The molecule has 1 radical (unpaired) electrons. The van der Waals surface area contributed by atoms with Crippen molar-refractivity contribution in [2.24, 2.45) is 0 Å². The second-order valence-electron chi connectivity index (χ2n) is 5.18. The van der Waals surface area contributed by atoms with E-state index in [0.29, 0.717) is 0 Å². The maximum atomic E-state index is 12.4. The molecule has 2 aromatic rings.